The standard InChI is InChI=1S/C26H28N2O6/c1-26(24(30)31)11-12-28(15-26)23(29)22-21(10-13-33-22)27-25(32)34-14-20-18-8-4-2-6-16(18)17-7-3-5-9-19(17)20/h2-9,20-22H,10-15H2,1H3,(H,27,32)(H,30,31)/t21-,22+,26?/m0/s1. The Labute approximate surface area is 197 Å². The number of fused-ring (bicyclic) bond motifs is 3. The number of amides is 2. The third-order valence-corrected chi connectivity index (χ3v) is 7.28. The Hall–Kier alpha value is -3.39. The summed E-state index contributed by atoms with van der Waals surface area (Å²) in [5, 5.41) is 12.2. The first-order chi connectivity index (χ1) is 16.4. The van der Waals surface area contributed by atoms with Crippen LogP contribution < -0.4 is 5.32 Å². The third-order valence-electron chi connectivity index (χ3n) is 7.28. The Morgan fingerprint density at radius 1 is 1.12 bits per heavy atom. The molecule has 2 aliphatic heterocycles. The first kappa shape index (κ1) is 22.4. The molecule has 2 aromatic carbocycles. The fourth-order valence-corrected chi connectivity index (χ4v) is 5.28. The van der Waals surface area contributed by atoms with Gasteiger partial charge in [-0.1, -0.05) is 48.5 Å². The number of alkyl carbamates (subject to hydrolysis) is 1. The monoisotopic (exact) mass is 464 g/mol. The predicted molar refractivity (Wildman–Crippen MR) is 123 cm³/mol. The van der Waals surface area contributed by atoms with Gasteiger partial charge in [-0.2, -0.15) is 0 Å². The second-order valence-electron chi connectivity index (χ2n) is 9.53. The van der Waals surface area contributed by atoms with E-state index in [1.165, 1.54) is 4.90 Å². The summed E-state index contributed by atoms with van der Waals surface area (Å²) < 4.78 is 11.2. The average molecular weight is 465 g/mol. The Balaban J connectivity index is 1.21. The molecule has 34 heavy (non-hydrogen) atoms. The van der Waals surface area contributed by atoms with Gasteiger partial charge in [-0.3, -0.25) is 9.59 Å². The lowest BCUT2D eigenvalue weighted by atomic mass is 9.90. The summed E-state index contributed by atoms with van der Waals surface area (Å²) >= 11 is 0. The highest BCUT2D eigenvalue weighted by Crippen LogP contribution is 2.44. The molecular formula is C26H28N2O6. The van der Waals surface area contributed by atoms with Crippen LogP contribution in [0.5, 0.6) is 0 Å². The second kappa shape index (κ2) is 8.76. The van der Waals surface area contributed by atoms with Gasteiger partial charge in [-0.25, -0.2) is 4.79 Å². The zero-order chi connectivity index (χ0) is 23.9. The van der Waals surface area contributed by atoms with Crippen molar-refractivity contribution in [1.29, 1.82) is 0 Å². The number of hydrogen-bond donors (Lipinski definition) is 2. The smallest absolute Gasteiger partial charge is 0.407 e. The number of hydrogen-bond acceptors (Lipinski definition) is 5. The van der Waals surface area contributed by atoms with E-state index in [0.717, 1.165) is 22.3 Å². The van der Waals surface area contributed by atoms with Gasteiger partial charge in [0.25, 0.3) is 5.91 Å². The normalized spacial score (nSPS) is 25.6. The minimum Gasteiger partial charge on any atom is -0.481 e. The fraction of sp³-hybridized carbons (Fsp3) is 0.423. The number of aliphatic carboxylic acids is 1. The van der Waals surface area contributed by atoms with Crippen molar-refractivity contribution >= 4 is 18.0 Å². The van der Waals surface area contributed by atoms with Gasteiger partial charge < -0.3 is 24.8 Å². The van der Waals surface area contributed by atoms with E-state index < -0.39 is 29.6 Å². The summed E-state index contributed by atoms with van der Waals surface area (Å²) in [5.74, 6) is -1.25. The van der Waals surface area contributed by atoms with Gasteiger partial charge in [0.2, 0.25) is 0 Å². The van der Waals surface area contributed by atoms with E-state index >= 15 is 0 Å². The average Bonchev–Trinajstić information content (AvgIpc) is 3.54. The maximum absolute atomic E-state index is 13.0. The van der Waals surface area contributed by atoms with Crippen LogP contribution in [0.15, 0.2) is 48.5 Å². The zero-order valence-corrected chi connectivity index (χ0v) is 19.0. The van der Waals surface area contributed by atoms with E-state index in [1.807, 2.05) is 24.3 Å². The molecule has 2 amide bonds. The molecule has 178 valence electrons. The van der Waals surface area contributed by atoms with Crippen molar-refractivity contribution in [3.63, 3.8) is 0 Å². The van der Waals surface area contributed by atoms with Crippen molar-refractivity contribution in [2.45, 2.75) is 37.8 Å². The van der Waals surface area contributed by atoms with Crippen molar-refractivity contribution < 1.29 is 29.0 Å². The Kier molecular flexibility index (Phi) is 5.77. The number of likely N-dealkylation sites (tertiary alicyclic amines) is 1. The maximum Gasteiger partial charge on any atom is 0.407 e. The minimum absolute atomic E-state index is 0.0475. The molecule has 0 saturated carbocycles. The van der Waals surface area contributed by atoms with Gasteiger partial charge in [0.1, 0.15) is 6.61 Å². The first-order valence-corrected chi connectivity index (χ1v) is 11.6. The number of rotatable bonds is 5. The van der Waals surface area contributed by atoms with E-state index in [0.29, 0.717) is 26.0 Å². The van der Waals surface area contributed by atoms with Crippen molar-refractivity contribution in [2.24, 2.45) is 5.41 Å². The summed E-state index contributed by atoms with van der Waals surface area (Å²) in [6, 6.07) is 15.7. The molecule has 2 fully saturated rings. The quantitative estimate of drug-likeness (QED) is 0.705. The number of carbonyl (C=O) groups is 3. The molecule has 0 radical (unpaired) electrons. The molecule has 8 nitrogen and oxygen atoms in total. The SMILES string of the molecule is CC1(C(=O)O)CCN(C(=O)[C@@H]2OCC[C@@H]2NC(=O)OCC2c3ccccc3-c3ccccc32)C1. The molecule has 2 aromatic rings. The fourth-order valence-electron chi connectivity index (χ4n) is 5.28. The van der Waals surface area contributed by atoms with Gasteiger partial charge in [-0.05, 0) is 42.0 Å². The maximum atomic E-state index is 13.0. The van der Waals surface area contributed by atoms with Crippen molar-refractivity contribution in [2.75, 3.05) is 26.3 Å². The highest BCUT2D eigenvalue weighted by molar-refractivity contribution is 5.85. The number of carboxylic acids is 1. The molecule has 0 bridgehead atoms. The molecule has 1 aliphatic carbocycles. The van der Waals surface area contributed by atoms with Crippen LogP contribution in [0.1, 0.15) is 36.8 Å². The number of nitrogens with one attached hydrogen (secondary N) is 1. The predicted octanol–water partition coefficient (Wildman–Crippen LogP) is 3.01. The van der Waals surface area contributed by atoms with Crippen molar-refractivity contribution in [3.8, 4) is 11.1 Å². The largest absolute Gasteiger partial charge is 0.481 e. The molecule has 2 heterocycles. The van der Waals surface area contributed by atoms with Crippen LogP contribution in [0.3, 0.4) is 0 Å². The number of benzene rings is 2. The van der Waals surface area contributed by atoms with E-state index in [9.17, 15) is 19.5 Å². The number of carboxylic acid groups (broad SMARTS) is 1. The van der Waals surface area contributed by atoms with Gasteiger partial charge in [0.15, 0.2) is 6.10 Å². The van der Waals surface area contributed by atoms with E-state index in [2.05, 4.69) is 29.6 Å². The van der Waals surface area contributed by atoms with Crippen LogP contribution in [0.4, 0.5) is 4.79 Å². The van der Waals surface area contributed by atoms with Crippen LogP contribution in [-0.4, -0.2) is 66.4 Å². The summed E-state index contributed by atoms with van der Waals surface area (Å²) in [6.45, 7) is 2.67. The number of ether oxygens (including phenoxy) is 2. The topological polar surface area (TPSA) is 105 Å². The van der Waals surface area contributed by atoms with Crippen LogP contribution in [0.2, 0.25) is 0 Å². The van der Waals surface area contributed by atoms with Gasteiger partial charge in [0, 0.05) is 25.6 Å². The van der Waals surface area contributed by atoms with Gasteiger partial charge in [-0.15, -0.1) is 0 Å². The lowest BCUT2D eigenvalue weighted by Gasteiger charge is -2.26. The highest BCUT2D eigenvalue weighted by atomic mass is 16.6. The Morgan fingerprint density at radius 2 is 1.76 bits per heavy atom. The van der Waals surface area contributed by atoms with Crippen molar-refractivity contribution in [1.82, 2.24) is 10.2 Å². The highest BCUT2D eigenvalue weighted by Gasteiger charge is 2.46. The molecule has 3 aliphatic rings. The van der Waals surface area contributed by atoms with Gasteiger partial charge >= 0.3 is 12.1 Å². The molecule has 3 atom stereocenters. The van der Waals surface area contributed by atoms with Crippen LogP contribution in [0, 0.1) is 5.41 Å². The molecule has 5 rings (SSSR count). The lowest BCUT2D eigenvalue weighted by Crippen LogP contribution is -2.49. The summed E-state index contributed by atoms with van der Waals surface area (Å²) in [6.07, 6.45) is -0.542. The van der Waals surface area contributed by atoms with Crippen molar-refractivity contribution in [3.05, 3.63) is 59.7 Å². The summed E-state index contributed by atoms with van der Waals surface area (Å²) in [4.78, 5) is 38.7. The molecule has 0 aromatic heterocycles. The summed E-state index contributed by atoms with van der Waals surface area (Å²) in [5.41, 5.74) is 3.61. The molecular weight excluding hydrogens is 436 g/mol. The molecule has 1 unspecified atom stereocenters. The van der Waals surface area contributed by atoms with E-state index in [-0.39, 0.29) is 25.0 Å². The van der Waals surface area contributed by atoms with E-state index in [1.54, 1.807) is 6.92 Å². The third kappa shape index (κ3) is 3.92. The molecule has 2 N–H and O–H groups in total. The van der Waals surface area contributed by atoms with E-state index in [4.69, 9.17) is 9.47 Å². The molecule has 0 spiro atoms. The summed E-state index contributed by atoms with van der Waals surface area (Å²) in [7, 11) is 0. The van der Waals surface area contributed by atoms with Crippen LogP contribution >= 0.6 is 0 Å². The Morgan fingerprint density at radius 3 is 2.38 bits per heavy atom. The van der Waals surface area contributed by atoms with Crippen LogP contribution in [0.25, 0.3) is 11.1 Å². The van der Waals surface area contributed by atoms with Gasteiger partial charge in [0.05, 0.1) is 11.5 Å². The minimum atomic E-state index is -0.954. The lowest BCUT2D eigenvalue weighted by molar-refractivity contribution is -0.148. The molecule has 2 saturated heterocycles. The first-order valence-electron chi connectivity index (χ1n) is 11.6. The zero-order valence-electron chi connectivity index (χ0n) is 19.0. The number of carbonyl (C=O) groups excluding carboxylic acids is 2. The second-order valence-corrected chi connectivity index (χ2v) is 9.53. The Bertz CT molecular complexity index is 1090. The van der Waals surface area contributed by atoms with Crippen LogP contribution in [-0.2, 0) is 19.1 Å². The number of nitrogens with zero attached hydrogens (tertiary/aromatic N) is 1. The molecule has 8 heteroatoms.